The van der Waals surface area contributed by atoms with E-state index in [9.17, 15) is 8.42 Å². The predicted molar refractivity (Wildman–Crippen MR) is 66.3 cm³/mol. The Morgan fingerprint density at radius 2 is 1.94 bits per heavy atom. The maximum Gasteiger partial charge on any atom is 0.246 e. The van der Waals surface area contributed by atoms with Crippen LogP contribution < -0.4 is 5.32 Å². The van der Waals surface area contributed by atoms with Crippen LogP contribution in [-0.4, -0.2) is 42.8 Å². The van der Waals surface area contributed by atoms with Gasteiger partial charge in [-0.2, -0.15) is 4.31 Å². The Morgan fingerprint density at radius 1 is 1.41 bits per heavy atom. The zero-order chi connectivity index (χ0) is 13.1. The molecular weight excluding hydrogens is 240 g/mol. The molecule has 0 radical (unpaired) electrons. The predicted octanol–water partition coefficient (Wildman–Crippen LogP) is 0.937. The Labute approximate surface area is 102 Å². The standard InChI is InChI=1S/C10H18N4O2S/c1-5-8(2)14(4)17(15,16)9-6-12-10(11-3)13-7-9/h6-8H,5H2,1-4H3,(H,11,12,13). The first-order valence-corrected chi connectivity index (χ1v) is 6.85. The molecule has 17 heavy (non-hydrogen) atoms. The third kappa shape index (κ3) is 2.92. The molecule has 1 aromatic heterocycles. The fourth-order valence-corrected chi connectivity index (χ4v) is 2.57. The maximum absolute atomic E-state index is 12.2. The minimum Gasteiger partial charge on any atom is -0.357 e. The van der Waals surface area contributed by atoms with E-state index in [1.165, 1.54) is 16.7 Å². The van der Waals surface area contributed by atoms with Crippen molar-refractivity contribution in [2.75, 3.05) is 19.4 Å². The molecule has 1 N–H and O–H groups in total. The van der Waals surface area contributed by atoms with E-state index in [0.717, 1.165) is 6.42 Å². The van der Waals surface area contributed by atoms with Gasteiger partial charge in [-0.1, -0.05) is 6.92 Å². The monoisotopic (exact) mass is 258 g/mol. The van der Waals surface area contributed by atoms with Crippen LogP contribution in [0.5, 0.6) is 0 Å². The number of aromatic nitrogens is 2. The van der Waals surface area contributed by atoms with Crippen LogP contribution in [0.25, 0.3) is 0 Å². The van der Waals surface area contributed by atoms with Crippen molar-refractivity contribution in [3.63, 3.8) is 0 Å². The third-order valence-corrected chi connectivity index (χ3v) is 4.66. The molecule has 1 heterocycles. The molecule has 0 fully saturated rings. The fraction of sp³-hybridized carbons (Fsp3) is 0.600. The summed E-state index contributed by atoms with van der Waals surface area (Å²) in [4.78, 5) is 7.92. The second-order valence-corrected chi connectivity index (χ2v) is 5.77. The minimum absolute atomic E-state index is 0.0519. The van der Waals surface area contributed by atoms with Gasteiger partial charge in [0.05, 0.1) is 12.4 Å². The van der Waals surface area contributed by atoms with Crippen LogP contribution in [-0.2, 0) is 10.0 Å². The molecule has 1 unspecified atom stereocenters. The lowest BCUT2D eigenvalue weighted by Gasteiger charge is -2.22. The van der Waals surface area contributed by atoms with Crippen molar-refractivity contribution in [2.24, 2.45) is 0 Å². The number of sulfonamides is 1. The molecule has 0 aliphatic rings. The second-order valence-electron chi connectivity index (χ2n) is 3.77. The number of anilines is 1. The normalized spacial score (nSPS) is 13.7. The lowest BCUT2D eigenvalue weighted by Crippen LogP contribution is -2.34. The van der Waals surface area contributed by atoms with E-state index in [2.05, 4.69) is 15.3 Å². The Balaban J connectivity index is 3.04. The molecule has 1 rings (SSSR count). The van der Waals surface area contributed by atoms with Crippen LogP contribution in [0.1, 0.15) is 20.3 Å². The molecule has 0 aromatic carbocycles. The Hall–Kier alpha value is -1.21. The summed E-state index contributed by atoms with van der Waals surface area (Å²) in [6.45, 7) is 3.80. The number of nitrogens with one attached hydrogen (secondary N) is 1. The minimum atomic E-state index is -3.49. The third-order valence-electron chi connectivity index (χ3n) is 2.74. The second kappa shape index (κ2) is 5.42. The van der Waals surface area contributed by atoms with E-state index in [4.69, 9.17) is 0 Å². The summed E-state index contributed by atoms with van der Waals surface area (Å²) in [5.74, 6) is 0.398. The van der Waals surface area contributed by atoms with Gasteiger partial charge in [0.1, 0.15) is 4.90 Å². The first kappa shape index (κ1) is 13.9. The summed E-state index contributed by atoms with van der Waals surface area (Å²) in [6.07, 6.45) is 3.38. The van der Waals surface area contributed by atoms with E-state index >= 15 is 0 Å². The van der Waals surface area contributed by atoms with E-state index in [1.54, 1.807) is 14.1 Å². The van der Waals surface area contributed by atoms with Crippen LogP contribution in [0.3, 0.4) is 0 Å². The van der Waals surface area contributed by atoms with Gasteiger partial charge in [-0.3, -0.25) is 0 Å². The topological polar surface area (TPSA) is 75.2 Å². The molecular formula is C10H18N4O2S. The van der Waals surface area contributed by atoms with Crippen molar-refractivity contribution in [2.45, 2.75) is 31.2 Å². The summed E-state index contributed by atoms with van der Waals surface area (Å²) >= 11 is 0. The van der Waals surface area contributed by atoms with Crippen LogP contribution in [0.2, 0.25) is 0 Å². The van der Waals surface area contributed by atoms with Crippen molar-refractivity contribution < 1.29 is 8.42 Å². The highest BCUT2D eigenvalue weighted by atomic mass is 32.2. The molecule has 0 saturated carbocycles. The highest BCUT2D eigenvalue weighted by Crippen LogP contribution is 2.16. The first-order chi connectivity index (χ1) is 7.93. The smallest absolute Gasteiger partial charge is 0.246 e. The highest BCUT2D eigenvalue weighted by Gasteiger charge is 2.25. The van der Waals surface area contributed by atoms with Gasteiger partial charge in [0.25, 0.3) is 0 Å². The van der Waals surface area contributed by atoms with Gasteiger partial charge >= 0.3 is 0 Å². The van der Waals surface area contributed by atoms with Gasteiger partial charge in [-0.05, 0) is 13.3 Å². The van der Waals surface area contributed by atoms with E-state index in [-0.39, 0.29) is 10.9 Å². The zero-order valence-corrected chi connectivity index (χ0v) is 11.3. The molecule has 96 valence electrons. The summed E-state index contributed by atoms with van der Waals surface area (Å²) in [6, 6.07) is -0.0519. The largest absolute Gasteiger partial charge is 0.357 e. The summed E-state index contributed by atoms with van der Waals surface area (Å²) in [7, 11) is -0.254. The average Bonchev–Trinajstić information content (AvgIpc) is 2.36. The van der Waals surface area contributed by atoms with Crippen LogP contribution in [0, 0.1) is 0 Å². The molecule has 0 aliphatic heterocycles. The molecule has 0 amide bonds. The Kier molecular flexibility index (Phi) is 4.41. The van der Waals surface area contributed by atoms with Crippen molar-refractivity contribution >= 4 is 16.0 Å². The molecule has 7 heteroatoms. The Morgan fingerprint density at radius 3 is 2.35 bits per heavy atom. The zero-order valence-electron chi connectivity index (χ0n) is 10.5. The summed E-state index contributed by atoms with van der Waals surface area (Å²) < 4.78 is 25.7. The SMILES string of the molecule is CCC(C)N(C)S(=O)(=O)c1cnc(NC)nc1. The number of hydrogen-bond acceptors (Lipinski definition) is 5. The number of nitrogens with zero attached hydrogens (tertiary/aromatic N) is 3. The first-order valence-electron chi connectivity index (χ1n) is 5.41. The molecule has 1 aromatic rings. The molecule has 0 aliphatic carbocycles. The lowest BCUT2D eigenvalue weighted by atomic mass is 10.3. The fourth-order valence-electron chi connectivity index (χ4n) is 1.24. The van der Waals surface area contributed by atoms with Gasteiger partial charge in [0, 0.05) is 20.1 Å². The summed E-state index contributed by atoms with van der Waals surface area (Å²) in [5, 5.41) is 2.74. The van der Waals surface area contributed by atoms with Gasteiger partial charge in [0.2, 0.25) is 16.0 Å². The van der Waals surface area contributed by atoms with Gasteiger partial charge in [0.15, 0.2) is 0 Å². The van der Waals surface area contributed by atoms with Crippen LogP contribution >= 0.6 is 0 Å². The molecule has 0 saturated heterocycles. The van der Waals surface area contributed by atoms with Crippen molar-refractivity contribution in [1.82, 2.24) is 14.3 Å². The molecule has 1 atom stereocenters. The van der Waals surface area contributed by atoms with Gasteiger partial charge in [-0.25, -0.2) is 18.4 Å². The molecule has 6 nitrogen and oxygen atoms in total. The maximum atomic E-state index is 12.2. The van der Waals surface area contributed by atoms with Gasteiger partial charge < -0.3 is 5.32 Å². The van der Waals surface area contributed by atoms with Crippen molar-refractivity contribution in [1.29, 1.82) is 0 Å². The van der Waals surface area contributed by atoms with Crippen LogP contribution in [0.4, 0.5) is 5.95 Å². The average molecular weight is 258 g/mol. The number of hydrogen-bond donors (Lipinski definition) is 1. The van der Waals surface area contributed by atoms with E-state index in [1.807, 2.05) is 13.8 Å². The number of rotatable bonds is 5. The van der Waals surface area contributed by atoms with E-state index in [0.29, 0.717) is 5.95 Å². The highest BCUT2D eigenvalue weighted by molar-refractivity contribution is 7.89. The molecule has 0 spiro atoms. The van der Waals surface area contributed by atoms with Crippen molar-refractivity contribution in [3.05, 3.63) is 12.4 Å². The quantitative estimate of drug-likeness (QED) is 0.850. The van der Waals surface area contributed by atoms with Crippen molar-refractivity contribution in [3.8, 4) is 0 Å². The molecule has 0 bridgehead atoms. The lowest BCUT2D eigenvalue weighted by molar-refractivity contribution is 0.380. The Bertz CT molecular complexity index is 458. The van der Waals surface area contributed by atoms with E-state index < -0.39 is 10.0 Å². The van der Waals surface area contributed by atoms with Gasteiger partial charge in [-0.15, -0.1) is 0 Å². The van der Waals surface area contributed by atoms with Crippen LogP contribution in [0.15, 0.2) is 17.3 Å². The summed E-state index contributed by atoms with van der Waals surface area (Å²) in [5.41, 5.74) is 0.